The lowest BCUT2D eigenvalue weighted by atomic mass is 9.95. The third-order valence-corrected chi connectivity index (χ3v) is 14.8. The minimum absolute atomic E-state index is 0.528. The van der Waals surface area contributed by atoms with Crippen LogP contribution in [0.15, 0.2) is 265 Å². The Bertz CT molecular complexity index is 4670. The third-order valence-electron chi connectivity index (χ3n) is 14.8. The zero-order chi connectivity index (χ0) is 49.4. The molecule has 0 aliphatic heterocycles. The van der Waals surface area contributed by atoms with Gasteiger partial charge in [-0.05, 0) is 88.0 Å². The molecule has 350 valence electrons. The van der Waals surface area contributed by atoms with E-state index in [1.165, 1.54) is 21.9 Å². The highest BCUT2D eigenvalue weighted by atomic mass is 16.3. The van der Waals surface area contributed by atoms with Crippen LogP contribution in [0.1, 0.15) is 0 Å². The van der Waals surface area contributed by atoms with E-state index in [0.717, 1.165) is 105 Å². The van der Waals surface area contributed by atoms with Crippen LogP contribution in [0.25, 0.3) is 144 Å². The molecule has 0 amide bonds. The van der Waals surface area contributed by atoms with Crippen LogP contribution in [0, 0.1) is 0 Å². The fraction of sp³-hybridized carbons (Fsp3) is 0. The second kappa shape index (κ2) is 17.3. The van der Waals surface area contributed by atoms with Crippen molar-refractivity contribution in [3.8, 4) is 78.9 Å². The van der Waals surface area contributed by atoms with Gasteiger partial charge in [-0.25, -0.2) is 4.98 Å². The van der Waals surface area contributed by atoms with Crippen molar-refractivity contribution in [3.63, 3.8) is 0 Å². The van der Waals surface area contributed by atoms with Crippen LogP contribution in [0.2, 0.25) is 0 Å². The Morgan fingerprint density at radius 2 is 0.747 bits per heavy atom. The van der Waals surface area contributed by atoms with Gasteiger partial charge >= 0.3 is 0 Å². The van der Waals surface area contributed by atoms with E-state index >= 15 is 0 Å². The van der Waals surface area contributed by atoms with Gasteiger partial charge in [0.25, 0.3) is 0 Å². The first-order chi connectivity index (χ1) is 37.2. The second-order valence-corrected chi connectivity index (χ2v) is 19.1. The number of furan rings is 1. The Balaban J connectivity index is 0.964. The zero-order valence-electron chi connectivity index (χ0n) is 40.5. The SMILES string of the molecule is c1ccc(-c2cccc(-c3cccc(-c4ccc(-c5nc(-c6ccccc6)nc(-n6c7ccccc7c7cccc(-c8ccc9oc%10ccccc%10c9c8)c76)n5)cc4-n4c5ccccc5c5ccccc54)c3)c2)cc1. The largest absolute Gasteiger partial charge is 0.456 e. The van der Waals surface area contributed by atoms with Crippen molar-refractivity contribution in [1.29, 1.82) is 0 Å². The van der Waals surface area contributed by atoms with Crippen LogP contribution in [-0.4, -0.2) is 24.1 Å². The van der Waals surface area contributed by atoms with Gasteiger partial charge in [-0.3, -0.25) is 4.57 Å². The summed E-state index contributed by atoms with van der Waals surface area (Å²) in [7, 11) is 0. The molecule has 75 heavy (non-hydrogen) atoms. The van der Waals surface area contributed by atoms with Crippen molar-refractivity contribution in [2.45, 2.75) is 0 Å². The average molecular weight is 958 g/mol. The van der Waals surface area contributed by atoms with Gasteiger partial charge in [0.05, 0.1) is 27.8 Å². The normalized spacial score (nSPS) is 11.7. The van der Waals surface area contributed by atoms with Crippen LogP contribution in [0.3, 0.4) is 0 Å². The number of rotatable bonds is 8. The predicted octanol–water partition coefficient (Wildman–Crippen LogP) is 18.0. The van der Waals surface area contributed by atoms with Gasteiger partial charge in [0.1, 0.15) is 11.2 Å². The lowest BCUT2D eigenvalue weighted by Gasteiger charge is -2.17. The van der Waals surface area contributed by atoms with Gasteiger partial charge in [0, 0.05) is 54.6 Å². The summed E-state index contributed by atoms with van der Waals surface area (Å²) in [5.74, 6) is 1.67. The highest BCUT2D eigenvalue weighted by Crippen LogP contribution is 2.42. The van der Waals surface area contributed by atoms with E-state index in [1.54, 1.807) is 0 Å². The molecule has 6 heteroatoms. The summed E-state index contributed by atoms with van der Waals surface area (Å²) in [4.78, 5) is 16.3. The van der Waals surface area contributed by atoms with E-state index in [1.807, 2.05) is 30.3 Å². The molecule has 0 unspecified atom stereocenters. The van der Waals surface area contributed by atoms with E-state index in [4.69, 9.17) is 19.4 Å². The van der Waals surface area contributed by atoms with Crippen molar-refractivity contribution in [1.82, 2.24) is 24.1 Å². The number of nitrogens with zero attached hydrogens (tertiary/aromatic N) is 5. The number of hydrogen-bond acceptors (Lipinski definition) is 4. The minimum Gasteiger partial charge on any atom is -0.456 e. The Labute approximate surface area is 431 Å². The summed E-state index contributed by atoms with van der Waals surface area (Å²) >= 11 is 0. The van der Waals surface area contributed by atoms with Crippen molar-refractivity contribution >= 4 is 65.6 Å². The molecule has 11 aromatic carbocycles. The highest BCUT2D eigenvalue weighted by molar-refractivity contribution is 6.15. The minimum atomic E-state index is 0.528. The van der Waals surface area contributed by atoms with Gasteiger partial charge in [0.2, 0.25) is 5.95 Å². The maximum atomic E-state index is 6.30. The standard InChI is InChI=1S/C69H43N5O/c1-3-18-44(19-4-1)46-22-15-23-47(40-46)48-24-16-25-49(41-48)52-38-36-51(43-63(52)73-60-32-11-7-26-54(60)55-27-8-12-33-61(55)73)68-70-67(45-20-5-2-6-21-45)71-69(72-68)74-62-34-13-9-28-56(62)58-31-17-30-53(66(58)74)50-37-39-65-59(42-50)57-29-10-14-35-64(57)75-65/h1-43H. The second-order valence-electron chi connectivity index (χ2n) is 19.1. The first-order valence-corrected chi connectivity index (χ1v) is 25.3. The van der Waals surface area contributed by atoms with Crippen molar-refractivity contribution in [3.05, 3.63) is 261 Å². The van der Waals surface area contributed by atoms with Crippen LogP contribution < -0.4 is 0 Å². The maximum Gasteiger partial charge on any atom is 0.238 e. The van der Waals surface area contributed by atoms with E-state index in [9.17, 15) is 0 Å². The average Bonchev–Trinajstić information content (AvgIpc) is 4.20. The van der Waals surface area contributed by atoms with Crippen LogP contribution >= 0.6 is 0 Å². The highest BCUT2D eigenvalue weighted by Gasteiger charge is 2.23. The summed E-state index contributed by atoms with van der Waals surface area (Å²) in [6, 6.07) is 92.4. The molecular weight excluding hydrogens is 915 g/mol. The molecule has 0 aliphatic rings. The molecule has 0 atom stereocenters. The molecule has 0 spiro atoms. The Morgan fingerprint density at radius 1 is 0.267 bits per heavy atom. The van der Waals surface area contributed by atoms with Crippen molar-refractivity contribution < 1.29 is 4.42 Å². The Morgan fingerprint density at radius 3 is 1.45 bits per heavy atom. The molecule has 4 aromatic heterocycles. The van der Waals surface area contributed by atoms with Crippen LogP contribution in [-0.2, 0) is 0 Å². The first-order valence-electron chi connectivity index (χ1n) is 25.3. The molecule has 0 N–H and O–H groups in total. The fourth-order valence-corrected chi connectivity index (χ4v) is 11.3. The lowest BCUT2D eigenvalue weighted by molar-refractivity contribution is 0.669. The summed E-state index contributed by atoms with van der Waals surface area (Å²) in [6.07, 6.45) is 0. The van der Waals surface area contributed by atoms with E-state index in [0.29, 0.717) is 17.6 Å². The Kier molecular flexibility index (Phi) is 9.78. The zero-order valence-corrected chi connectivity index (χ0v) is 40.5. The summed E-state index contributed by atoms with van der Waals surface area (Å²) in [5.41, 5.74) is 17.7. The molecular formula is C69H43N5O. The molecule has 0 aliphatic carbocycles. The summed E-state index contributed by atoms with van der Waals surface area (Å²) in [5, 5.41) is 6.75. The van der Waals surface area contributed by atoms with Gasteiger partial charge in [-0.2, -0.15) is 9.97 Å². The van der Waals surface area contributed by atoms with Crippen LogP contribution in [0.4, 0.5) is 0 Å². The van der Waals surface area contributed by atoms with Crippen LogP contribution in [0.5, 0.6) is 0 Å². The molecule has 4 heterocycles. The number of benzene rings is 11. The summed E-state index contributed by atoms with van der Waals surface area (Å²) < 4.78 is 10.9. The van der Waals surface area contributed by atoms with Gasteiger partial charge in [-0.15, -0.1) is 0 Å². The lowest BCUT2D eigenvalue weighted by Crippen LogP contribution is -2.07. The van der Waals surface area contributed by atoms with Gasteiger partial charge < -0.3 is 8.98 Å². The molecule has 0 bridgehead atoms. The topological polar surface area (TPSA) is 61.7 Å². The maximum absolute atomic E-state index is 6.30. The molecule has 0 radical (unpaired) electrons. The van der Waals surface area contributed by atoms with Gasteiger partial charge in [0.15, 0.2) is 11.6 Å². The summed E-state index contributed by atoms with van der Waals surface area (Å²) in [6.45, 7) is 0. The molecule has 15 aromatic rings. The smallest absolute Gasteiger partial charge is 0.238 e. The fourth-order valence-electron chi connectivity index (χ4n) is 11.3. The quantitative estimate of drug-likeness (QED) is 0.152. The van der Waals surface area contributed by atoms with Gasteiger partial charge in [-0.1, -0.05) is 206 Å². The number of aromatic nitrogens is 5. The Hall–Kier alpha value is -10.2. The van der Waals surface area contributed by atoms with Crippen molar-refractivity contribution in [2.75, 3.05) is 0 Å². The monoisotopic (exact) mass is 957 g/mol. The number of para-hydroxylation sites is 5. The molecule has 0 fully saturated rings. The van der Waals surface area contributed by atoms with E-state index in [2.05, 4.69) is 240 Å². The predicted molar refractivity (Wildman–Crippen MR) is 308 cm³/mol. The molecule has 0 saturated carbocycles. The van der Waals surface area contributed by atoms with Crippen molar-refractivity contribution in [2.24, 2.45) is 0 Å². The molecule has 0 saturated heterocycles. The van der Waals surface area contributed by atoms with E-state index < -0.39 is 0 Å². The molecule has 6 nitrogen and oxygen atoms in total. The molecule has 15 rings (SSSR count). The van der Waals surface area contributed by atoms with E-state index in [-0.39, 0.29) is 0 Å². The number of hydrogen-bond donors (Lipinski definition) is 0. The number of fused-ring (bicyclic) bond motifs is 9. The third kappa shape index (κ3) is 7.07. The first kappa shape index (κ1) is 42.5.